The van der Waals surface area contributed by atoms with Crippen LogP contribution < -0.4 is 10.2 Å². The first-order chi connectivity index (χ1) is 13.4. The third-order valence-corrected chi connectivity index (χ3v) is 4.94. The van der Waals surface area contributed by atoms with Gasteiger partial charge >= 0.3 is 5.97 Å². The molecule has 2 amide bonds. The Labute approximate surface area is 164 Å². The summed E-state index contributed by atoms with van der Waals surface area (Å²) < 4.78 is 4.68. The Morgan fingerprint density at radius 2 is 1.71 bits per heavy atom. The summed E-state index contributed by atoms with van der Waals surface area (Å²) in [7, 11) is 1.32. The number of ether oxygens (including phenoxy) is 1. The van der Waals surface area contributed by atoms with Crippen molar-refractivity contribution in [1.29, 1.82) is 0 Å². The minimum atomic E-state index is -0.431. The van der Waals surface area contributed by atoms with Crippen LogP contribution in [-0.4, -0.2) is 31.4 Å². The van der Waals surface area contributed by atoms with Crippen LogP contribution in [0.5, 0.6) is 0 Å². The van der Waals surface area contributed by atoms with Gasteiger partial charge in [0.1, 0.15) is 0 Å². The lowest BCUT2D eigenvalue weighted by Crippen LogP contribution is -2.28. The van der Waals surface area contributed by atoms with E-state index in [1.54, 1.807) is 29.2 Å². The fourth-order valence-corrected chi connectivity index (χ4v) is 3.22. The summed E-state index contributed by atoms with van der Waals surface area (Å²) in [4.78, 5) is 38.1. The van der Waals surface area contributed by atoms with E-state index < -0.39 is 11.9 Å². The van der Waals surface area contributed by atoms with Gasteiger partial charge in [-0.15, -0.1) is 0 Å². The first-order valence-corrected chi connectivity index (χ1v) is 9.28. The van der Waals surface area contributed by atoms with E-state index in [2.05, 4.69) is 23.9 Å². The molecule has 1 aliphatic heterocycles. The molecule has 2 aromatic carbocycles. The van der Waals surface area contributed by atoms with Crippen molar-refractivity contribution in [3.05, 3.63) is 59.7 Å². The second kappa shape index (κ2) is 8.25. The fraction of sp³-hybridized carbons (Fsp3) is 0.318. The number of esters is 1. The molecule has 6 nitrogen and oxygen atoms in total. The number of carbonyl (C=O) groups is 3. The molecule has 3 rings (SSSR count). The van der Waals surface area contributed by atoms with Crippen molar-refractivity contribution in [2.45, 2.75) is 26.2 Å². The lowest BCUT2D eigenvalue weighted by Gasteiger charge is -2.17. The zero-order valence-electron chi connectivity index (χ0n) is 16.3. The van der Waals surface area contributed by atoms with Gasteiger partial charge < -0.3 is 15.0 Å². The maximum atomic E-state index is 12.6. The van der Waals surface area contributed by atoms with Gasteiger partial charge in [-0.25, -0.2) is 4.79 Å². The van der Waals surface area contributed by atoms with Crippen LogP contribution in [0.1, 0.15) is 42.1 Å². The predicted molar refractivity (Wildman–Crippen MR) is 107 cm³/mol. The van der Waals surface area contributed by atoms with Crippen LogP contribution >= 0.6 is 0 Å². The predicted octanol–water partition coefficient (Wildman–Crippen LogP) is 3.59. The number of rotatable bonds is 5. The summed E-state index contributed by atoms with van der Waals surface area (Å²) >= 11 is 0. The van der Waals surface area contributed by atoms with E-state index in [0.717, 1.165) is 5.69 Å². The lowest BCUT2D eigenvalue weighted by molar-refractivity contribution is -0.122. The van der Waals surface area contributed by atoms with Gasteiger partial charge in [-0.05, 0) is 47.9 Å². The van der Waals surface area contributed by atoms with Crippen LogP contribution in [0, 0.1) is 5.92 Å². The average Bonchev–Trinajstić information content (AvgIpc) is 3.09. The Morgan fingerprint density at radius 3 is 2.29 bits per heavy atom. The molecule has 0 bridgehead atoms. The first kappa shape index (κ1) is 19.6. The zero-order valence-corrected chi connectivity index (χ0v) is 16.3. The number of methoxy groups -OCH3 is 1. The number of nitrogens with zero attached hydrogens (tertiary/aromatic N) is 1. The molecule has 0 aromatic heterocycles. The third kappa shape index (κ3) is 4.22. The molecule has 1 heterocycles. The van der Waals surface area contributed by atoms with Crippen LogP contribution in [0.2, 0.25) is 0 Å². The highest BCUT2D eigenvalue weighted by molar-refractivity contribution is 6.03. The SMILES string of the molecule is COC(=O)c1ccc(N2CC(C(=O)Nc3ccc(C(C)C)cc3)CC2=O)cc1. The summed E-state index contributed by atoms with van der Waals surface area (Å²) in [6.07, 6.45) is 0.161. The number of anilines is 2. The van der Waals surface area contributed by atoms with Crippen LogP contribution in [0.3, 0.4) is 0 Å². The first-order valence-electron chi connectivity index (χ1n) is 9.28. The Morgan fingerprint density at radius 1 is 1.07 bits per heavy atom. The van der Waals surface area contributed by atoms with Gasteiger partial charge in [0.25, 0.3) is 0 Å². The summed E-state index contributed by atoms with van der Waals surface area (Å²) in [5.41, 5.74) is 3.00. The Bertz CT molecular complexity index is 872. The summed E-state index contributed by atoms with van der Waals surface area (Å²) in [5.74, 6) is -0.700. The van der Waals surface area contributed by atoms with E-state index in [1.807, 2.05) is 24.3 Å². The molecule has 28 heavy (non-hydrogen) atoms. The number of carbonyl (C=O) groups excluding carboxylic acids is 3. The van der Waals surface area contributed by atoms with Gasteiger partial charge in [0.2, 0.25) is 11.8 Å². The Kier molecular flexibility index (Phi) is 5.78. The van der Waals surface area contributed by atoms with E-state index in [9.17, 15) is 14.4 Å². The van der Waals surface area contributed by atoms with Crippen LogP contribution in [0.4, 0.5) is 11.4 Å². The van der Waals surface area contributed by atoms with Gasteiger partial charge in [0.05, 0.1) is 18.6 Å². The highest BCUT2D eigenvalue weighted by Crippen LogP contribution is 2.27. The number of hydrogen-bond donors (Lipinski definition) is 1. The Hall–Kier alpha value is -3.15. The van der Waals surface area contributed by atoms with Crippen molar-refractivity contribution >= 4 is 29.2 Å². The molecule has 1 saturated heterocycles. The van der Waals surface area contributed by atoms with E-state index >= 15 is 0 Å². The van der Waals surface area contributed by atoms with Crippen LogP contribution in [-0.2, 0) is 14.3 Å². The number of hydrogen-bond acceptors (Lipinski definition) is 4. The quantitative estimate of drug-likeness (QED) is 0.805. The van der Waals surface area contributed by atoms with Gasteiger partial charge in [0.15, 0.2) is 0 Å². The van der Waals surface area contributed by atoms with Gasteiger partial charge in [-0.3, -0.25) is 9.59 Å². The molecule has 1 atom stereocenters. The minimum Gasteiger partial charge on any atom is -0.465 e. The number of benzene rings is 2. The van der Waals surface area contributed by atoms with Crippen molar-refractivity contribution in [1.82, 2.24) is 0 Å². The highest BCUT2D eigenvalue weighted by atomic mass is 16.5. The standard InChI is InChI=1S/C22H24N2O4/c1-14(2)15-4-8-18(9-5-15)23-21(26)17-12-20(25)24(13-17)19-10-6-16(7-11-19)22(27)28-3/h4-11,14,17H,12-13H2,1-3H3,(H,23,26). The van der Waals surface area contributed by atoms with E-state index in [4.69, 9.17) is 0 Å². The van der Waals surface area contributed by atoms with E-state index in [0.29, 0.717) is 23.7 Å². The van der Waals surface area contributed by atoms with Crippen molar-refractivity contribution in [3.63, 3.8) is 0 Å². The molecule has 0 radical (unpaired) electrons. The molecular formula is C22H24N2O4. The molecule has 0 spiro atoms. The highest BCUT2D eigenvalue weighted by Gasteiger charge is 2.35. The Balaban J connectivity index is 1.64. The van der Waals surface area contributed by atoms with Crippen LogP contribution in [0.15, 0.2) is 48.5 Å². The van der Waals surface area contributed by atoms with Crippen molar-refractivity contribution in [2.24, 2.45) is 5.92 Å². The summed E-state index contributed by atoms with van der Waals surface area (Å²) in [6, 6.07) is 14.4. The van der Waals surface area contributed by atoms with E-state index in [1.165, 1.54) is 12.7 Å². The second-order valence-electron chi connectivity index (χ2n) is 7.21. The normalized spacial score (nSPS) is 16.4. The van der Waals surface area contributed by atoms with Gasteiger partial charge in [-0.2, -0.15) is 0 Å². The van der Waals surface area contributed by atoms with Gasteiger partial charge in [-0.1, -0.05) is 26.0 Å². The molecule has 6 heteroatoms. The monoisotopic (exact) mass is 380 g/mol. The molecule has 0 saturated carbocycles. The molecule has 0 aliphatic carbocycles. The van der Waals surface area contributed by atoms with Crippen LogP contribution in [0.25, 0.3) is 0 Å². The van der Waals surface area contributed by atoms with Crippen molar-refractivity contribution in [2.75, 3.05) is 23.9 Å². The smallest absolute Gasteiger partial charge is 0.337 e. The zero-order chi connectivity index (χ0) is 20.3. The van der Waals surface area contributed by atoms with Crippen molar-refractivity contribution < 1.29 is 19.1 Å². The molecule has 146 valence electrons. The van der Waals surface area contributed by atoms with Gasteiger partial charge in [0, 0.05) is 24.3 Å². The lowest BCUT2D eigenvalue weighted by atomic mass is 10.0. The fourth-order valence-electron chi connectivity index (χ4n) is 3.22. The molecule has 1 unspecified atom stereocenters. The largest absolute Gasteiger partial charge is 0.465 e. The maximum absolute atomic E-state index is 12.6. The van der Waals surface area contributed by atoms with E-state index in [-0.39, 0.29) is 18.2 Å². The molecule has 1 fully saturated rings. The molecule has 1 aliphatic rings. The molecule has 1 N–H and O–H groups in total. The number of nitrogens with one attached hydrogen (secondary N) is 1. The summed E-state index contributed by atoms with van der Waals surface area (Å²) in [6.45, 7) is 4.54. The minimum absolute atomic E-state index is 0.110. The maximum Gasteiger partial charge on any atom is 0.337 e. The molecular weight excluding hydrogens is 356 g/mol. The topological polar surface area (TPSA) is 75.7 Å². The number of amides is 2. The average molecular weight is 380 g/mol. The molecule has 2 aromatic rings. The van der Waals surface area contributed by atoms with Crippen molar-refractivity contribution in [3.8, 4) is 0 Å². The summed E-state index contributed by atoms with van der Waals surface area (Å²) in [5, 5.41) is 2.90. The third-order valence-electron chi connectivity index (χ3n) is 4.94. The second-order valence-corrected chi connectivity index (χ2v) is 7.21.